The molecule has 0 saturated carbocycles. The molecule has 21 heavy (non-hydrogen) atoms. The summed E-state index contributed by atoms with van der Waals surface area (Å²) in [7, 11) is 0. The molecule has 1 rings (SSSR count). The minimum atomic E-state index is -2.85. The predicted octanol–water partition coefficient (Wildman–Crippen LogP) is 1.63. The van der Waals surface area contributed by atoms with Gasteiger partial charge in [-0.2, -0.15) is 0 Å². The standard InChI is InChI=1S/C14H20FNO5/c1-5-8-20-11(18)14(15)9-16(7-6-10(14)17)12(19)21-13(2,3)4/h5H,1,6-9H2,2-4H3. The number of piperidine rings is 1. The fourth-order valence-electron chi connectivity index (χ4n) is 1.77. The number of carbonyl (C=O) groups excluding carboxylic acids is 3. The van der Waals surface area contributed by atoms with Gasteiger partial charge in [0.05, 0.1) is 6.54 Å². The first-order valence-electron chi connectivity index (χ1n) is 6.58. The smallest absolute Gasteiger partial charge is 0.410 e. The molecule has 0 bridgehead atoms. The van der Waals surface area contributed by atoms with Gasteiger partial charge in [0.2, 0.25) is 0 Å². The van der Waals surface area contributed by atoms with Crippen molar-refractivity contribution in [3.63, 3.8) is 0 Å². The van der Waals surface area contributed by atoms with Crippen LogP contribution in [0.15, 0.2) is 12.7 Å². The first-order valence-corrected chi connectivity index (χ1v) is 6.58. The van der Waals surface area contributed by atoms with E-state index in [0.717, 1.165) is 4.90 Å². The van der Waals surface area contributed by atoms with Crippen LogP contribution in [-0.2, 0) is 19.1 Å². The maximum atomic E-state index is 14.6. The first kappa shape index (κ1) is 17.1. The average molecular weight is 301 g/mol. The van der Waals surface area contributed by atoms with E-state index < -0.39 is 35.7 Å². The van der Waals surface area contributed by atoms with Crippen molar-refractivity contribution >= 4 is 17.8 Å². The molecule has 118 valence electrons. The van der Waals surface area contributed by atoms with Crippen molar-refractivity contribution in [3.8, 4) is 0 Å². The summed E-state index contributed by atoms with van der Waals surface area (Å²) in [5.41, 5.74) is -3.60. The van der Waals surface area contributed by atoms with Crippen molar-refractivity contribution in [1.82, 2.24) is 4.90 Å². The number of ether oxygens (including phenoxy) is 2. The van der Waals surface area contributed by atoms with E-state index in [9.17, 15) is 18.8 Å². The van der Waals surface area contributed by atoms with Crippen molar-refractivity contribution in [3.05, 3.63) is 12.7 Å². The average Bonchev–Trinajstić information content (AvgIpc) is 2.37. The van der Waals surface area contributed by atoms with Crippen molar-refractivity contribution in [2.45, 2.75) is 38.5 Å². The number of alkyl halides is 1. The van der Waals surface area contributed by atoms with Crippen LogP contribution in [0.5, 0.6) is 0 Å². The highest BCUT2D eigenvalue weighted by Crippen LogP contribution is 2.25. The second kappa shape index (κ2) is 6.24. The number of ketones is 1. The molecule has 1 amide bonds. The van der Waals surface area contributed by atoms with Crippen LogP contribution >= 0.6 is 0 Å². The molecule has 1 aliphatic heterocycles. The SMILES string of the molecule is C=CCOC(=O)C1(F)CN(C(=O)OC(C)(C)C)CCC1=O. The number of hydrogen-bond donors (Lipinski definition) is 0. The number of carbonyl (C=O) groups is 3. The lowest BCUT2D eigenvalue weighted by Crippen LogP contribution is -2.58. The lowest BCUT2D eigenvalue weighted by atomic mass is 9.93. The van der Waals surface area contributed by atoms with Crippen LogP contribution in [0.25, 0.3) is 0 Å². The summed E-state index contributed by atoms with van der Waals surface area (Å²) in [5, 5.41) is 0. The number of rotatable bonds is 3. The van der Waals surface area contributed by atoms with Gasteiger partial charge in [-0.05, 0) is 20.8 Å². The molecule has 0 aromatic carbocycles. The lowest BCUT2D eigenvalue weighted by molar-refractivity contribution is -0.165. The van der Waals surface area contributed by atoms with E-state index >= 15 is 0 Å². The molecule has 1 fully saturated rings. The molecular weight excluding hydrogens is 281 g/mol. The Bertz CT molecular complexity index is 457. The summed E-state index contributed by atoms with van der Waals surface area (Å²) < 4.78 is 24.3. The molecule has 0 radical (unpaired) electrons. The van der Waals surface area contributed by atoms with Gasteiger partial charge < -0.3 is 14.4 Å². The minimum absolute atomic E-state index is 0.00809. The van der Waals surface area contributed by atoms with E-state index in [1.165, 1.54) is 6.08 Å². The monoisotopic (exact) mass is 301 g/mol. The number of halogens is 1. The summed E-state index contributed by atoms with van der Waals surface area (Å²) in [5.74, 6) is -2.20. The zero-order valence-corrected chi connectivity index (χ0v) is 12.5. The molecule has 1 unspecified atom stereocenters. The summed E-state index contributed by atoms with van der Waals surface area (Å²) in [6.45, 7) is 7.44. The Morgan fingerprint density at radius 3 is 2.62 bits per heavy atom. The molecule has 6 nitrogen and oxygen atoms in total. The zero-order valence-electron chi connectivity index (χ0n) is 12.5. The molecular formula is C14H20FNO5. The number of esters is 1. The van der Waals surface area contributed by atoms with E-state index in [-0.39, 0.29) is 19.6 Å². The van der Waals surface area contributed by atoms with Crippen molar-refractivity contribution in [2.75, 3.05) is 19.7 Å². The zero-order chi connectivity index (χ0) is 16.3. The lowest BCUT2D eigenvalue weighted by Gasteiger charge is -2.35. The first-order chi connectivity index (χ1) is 9.60. The number of Topliss-reactive ketones (excluding diaryl/α,β-unsaturated/α-hetero) is 1. The van der Waals surface area contributed by atoms with Crippen LogP contribution in [0.4, 0.5) is 9.18 Å². The van der Waals surface area contributed by atoms with Crippen LogP contribution < -0.4 is 0 Å². The van der Waals surface area contributed by atoms with Crippen LogP contribution in [0.3, 0.4) is 0 Å². The third-order valence-electron chi connectivity index (χ3n) is 2.77. The Hall–Kier alpha value is -1.92. The van der Waals surface area contributed by atoms with Crippen molar-refractivity contribution in [2.24, 2.45) is 0 Å². The molecule has 0 aromatic heterocycles. The fourth-order valence-corrected chi connectivity index (χ4v) is 1.77. The second-order valence-electron chi connectivity index (χ2n) is 5.76. The number of hydrogen-bond acceptors (Lipinski definition) is 5. The van der Waals surface area contributed by atoms with E-state index in [2.05, 4.69) is 11.3 Å². The van der Waals surface area contributed by atoms with E-state index in [1.807, 2.05) is 0 Å². The minimum Gasteiger partial charge on any atom is -0.459 e. The molecule has 1 saturated heterocycles. The van der Waals surface area contributed by atoms with Crippen LogP contribution in [0.2, 0.25) is 0 Å². The van der Waals surface area contributed by atoms with Crippen LogP contribution in [0.1, 0.15) is 27.2 Å². The molecule has 1 heterocycles. The maximum Gasteiger partial charge on any atom is 0.410 e. The topological polar surface area (TPSA) is 72.9 Å². The molecule has 1 aliphatic rings. The Labute approximate surface area is 122 Å². The molecule has 0 N–H and O–H groups in total. The normalized spacial score (nSPS) is 22.7. The van der Waals surface area contributed by atoms with E-state index in [0.29, 0.717) is 0 Å². The van der Waals surface area contributed by atoms with Gasteiger partial charge in [0.1, 0.15) is 12.2 Å². The number of amides is 1. The molecule has 1 atom stereocenters. The summed E-state index contributed by atoms with van der Waals surface area (Å²) in [6.07, 6.45) is 0.229. The van der Waals surface area contributed by atoms with Gasteiger partial charge in [-0.15, -0.1) is 0 Å². The molecule has 0 aromatic rings. The predicted molar refractivity (Wildman–Crippen MR) is 72.4 cm³/mol. The number of nitrogens with zero attached hydrogens (tertiary/aromatic N) is 1. The number of likely N-dealkylation sites (tertiary alicyclic amines) is 1. The van der Waals surface area contributed by atoms with Crippen molar-refractivity contribution < 1.29 is 28.2 Å². The summed E-state index contributed by atoms with van der Waals surface area (Å²) in [4.78, 5) is 36.3. The van der Waals surface area contributed by atoms with E-state index in [4.69, 9.17) is 4.74 Å². The Balaban J connectivity index is 2.82. The molecule has 0 spiro atoms. The quantitative estimate of drug-likeness (QED) is 0.450. The highest BCUT2D eigenvalue weighted by molar-refractivity contribution is 6.08. The second-order valence-corrected chi connectivity index (χ2v) is 5.76. The fraction of sp³-hybridized carbons (Fsp3) is 0.643. The van der Waals surface area contributed by atoms with Crippen molar-refractivity contribution in [1.29, 1.82) is 0 Å². The summed E-state index contributed by atoms with van der Waals surface area (Å²) in [6, 6.07) is 0. The van der Waals surface area contributed by atoms with Crippen LogP contribution in [0, 0.1) is 0 Å². The highest BCUT2D eigenvalue weighted by atomic mass is 19.1. The highest BCUT2D eigenvalue weighted by Gasteiger charge is 2.52. The Morgan fingerprint density at radius 2 is 2.10 bits per heavy atom. The van der Waals surface area contributed by atoms with Gasteiger partial charge in [-0.3, -0.25) is 4.79 Å². The Morgan fingerprint density at radius 1 is 1.48 bits per heavy atom. The van der Waals surface area contributed by atoms with Gasteiger partial charge in [0, 0.05) is 13.0 Å². The largest absolute Gasteiger partial charge is 0.459 e. The summed E-state index contributed by atoms with van der Waals surface area (Å²) >= 11 is 0. The van der Waals surface area contributed by atoms with Crippen LogP contribution in [-0.4, -0.2) is 53.7 Å². The third-order valence-corrected chi connectivity index (χ3v) is 2.77. The van der Waals surface area contributed by atoms with Gasteiger partial charge in [-0.25, -0.2) is 14.0 Å². The van der Waals surface area contributed by atoms with Gasteiger partial charge >= 0.3 is 12.1 Å². The maximum absolute atomic E-state index is 14.6. The van der Waals surface area contributed by atoms with Gasteiger partial charge in [0.25, 0.3) is 5.67 Å². The van der Waals surface area contributed by atoms with E-state index in [1.54, 1.807) is 20.8 Å². The van der Waals surface area contributed by atoms with Gasteiger partial charge in [-0.1, -0.05) is 12.7 Å². The van der Waals surface area contributed by atoms with Gasteiger partial charge in [0.15, 0.2) is 5.78 Å². The molecule has 0 aliphatic carbocycles. The Kier molecular flexibility index (Phi) is 5.09. The molecule has 7 heteroatoms. The third kappa shape index (κ3) is 4.27.